The first-order valence-electron chi connectivity index (χ1n) is 5.76. The van der Waals surface area contributed by atoms with Crippen LogP contribution in [0.5, 0.6) is 0 Å². The summed E-state index contributed by atoms with van der Waals surface area (Å²) in [6, 6.07) is 2.14. The number of nitrogens with zero attached hydrogens (tertiary/aromatic N) is 1. The summed E-state index contributed by atoms with van der Waals surface area (Å²) in [5.74, 6) is -1.67. The van der Waals surface area contributed by atoms with E-state index in [0.29, 0.717) is 5.69 Å². The molecule has 0 saturated carbocycles. The van der Waals surface area contributed by atoms with Gasteiger partial charge in [-0.15, -0.1) is 0 Å². The third kappa shape index (κ3) is 4.23. The lowest BCUT2D eigenvalue weighted by atomic mass is 9.93. The van der Waals surface area contributed by atoms with Gasteiger partial charge in [0.25, 0.3) is 0 Å². The number of anilines is 1. The Morgan fingerprint density at radius 1 is 1.35 bits per heavy atom. The number of primary amides is 1. The van der Waals surface area contributed by atoms with Crippen LogP contribution in [0.25, 0.3) is 0 Å². The fourth-order valence-electron chi connectivity index (χ4n) is 1.16. The van der Waals surface area contributed by atoms with Gasteiger partial charge in [-0.2, -0.15) is 0 Å². The molecule has 8 nitrogen and oxygen atoms in total. The normalized spacial score (nSPS) is 10.7. The number of nitrogens with two attached hydrogens (primary N) is 1. The van der Waals surface area contributed by atoms with Gasteiger partial charge >= 0.3 is 12.0 Å². The number of carboxylic acids is 1. The number of nitrogens with one attached hydrogen (secondary N) is 2. The molecule has 0 unspecified atom stereocenters. The van der Waals surface area contributed by atoms with Crippen molar-refractivity contribution >= 4 is 23.6 Å². The lowest BCUT2D eigenvalue weighted by Gasteiger charge is -2.20. The lowest BCUT2D eigenvalue weighted by molar-refractivity contribution is -0.125. The second-order valence-electron chi connectivity index (χ2n) is 4.79. The minimum atomic E-state index is -1.15. The summed E-state index contributed by atoms with van der Waals surface area (Å²) in [6.45, 7) is 3.30. The predicted octanol–water partition coefficient (Wildman–Crippen LogP) is 0.413. The van der Waals surface area contributed by atoms with Crippen LogP contribution in [0, 0.1) is 5.41 Å². The third-order valence-corrected chi connectivity index (χ3v) is 2.60. The number of hydrogen-bond donors (Lipinski definition) is 4. The molecule has 1 aromatic rings. The van der Waals surface area contributed by atoms with Crippen molar-refractivity contribution in [3.63, 3.8) is 0 Å². The number of carboxylic acid groups (broad SMARTS) is 1. The van der Waals surface area contributed by atoms with Crippen LogP contribution in [0.4, 0.5) is 10.5 Å². The van der Waals surface area contributed by atoms with Crippen molar-refractivity contribution in [2.45, 2.75) is 13.8 Å². The largest absolute Gasteiger partial charge is 0.477 e. The number of pyridine rings is 1. The first-order valence-corrected chi connectivity index (χ1v) is 5.76. The molecule has 0 aliphatic carbocycles. The molecule has 5 N–H and O–H groups in total. The van der Waals surface area contributed by atoms with Crippen molar-refractivity contribution in [1.29, 1.82) is 0 Å². The maximum Gasteiger partial charge on any atom is 0.354 e. The molecule has 0 aliphatic rings. The number of amides is 3. The fraction of sp³-hybridized carbons (Fsp3) is 0.333. The van der Waals surface area contributed by atoms with Crippen LogP contribution in [-0.4, -0.2) is 34.5 Å². The molecule has 8 heteroatoms. The summed E-state index contributed by atoms with van der Waals surface area (Å²) in [6.07, 6.45) is 1.22. The fourth-order valence-corrected chi connectivity index (χ4v) is 1.16. The Labute approximate surface area is 115 Å². The average Bonchev–Trinajstić information content (AvgIpc) is 2.37. The number of rotatable bonds is 5. The van der Waals surface area contributed by atoms with Crippen LogP contribution >= 0.6 is 0 Å². The van der Waals surface area contributed by atoms with Crippen LogP contribution in [0.3, 0.4) is 0 Å². The number of carbonyl (C=O) groups excluding carboxylic acids is 2. The number of hydrogen-bond acceptors (Lipinski definition) is 4. The Kier molecular flexibility index (Phi) is 4.63. The topological polar surface area (TPSA) is 134 Å². The summed E-state index contributed by atoms with van der Waals surface area (Å²) >= 11 is 0. The zero-order valence-corrected chi connectivity index (χ0v) is 11.1. The highest BCUT2D eigenvalue weighted by Gasteiger charge is 2.25. The van der Waals surface area contributed by atoms with Gasteiger partial charge in [-0.25, -0.2) is 14.6 Å². The summed E-state index contributed by atoms with van der Waals surface area (Å²) in [4.78, 5) is 36.9. The van der Waals surface area contributed by atoms with E-state index in [1.165, 1.54) is 18.3 Å². The molecule has 20 heavy (non-hydrogen) atoms. The summed E-state index contributed by atoms with van der Waals surface area (Å²) < 4.78 is 0. The molecule has 0 spiro atoms. The maximum absolute atomic E-state index is 11.6. The van der Waals surface area contributed by atoms with Crippen molar-refractivity contribution in [1.82, 2.24) is 10.3 Å². The smallest absolute Gasteiger partial charge is 0.354 e. The van der Waals surface area contributed by atoms with E-state index in [2.05, 4.69) is 15.6 Å². The van der Waals surface area contributed by atoms with Crippen molar-refractivity contribution in [2.24, 2.45) is 11.1 Å². The lowest BCUT2D eigenvalue weighted by Crippen LogP contribution is -2.43. The van der Waals surface area contributed by atoms with E-state index < -0.39 is 23.3 Å². The Morgan fingerprint density at radius 2 is 2.00 bits per heavy atom. The van der Waals surface area contributed by atoms with Crippen LogP contribution in [0.2, 0.25) is 0 Å². The van der Waals surface area contributed by atoms with E-state index in [1.807, 2.05) is 0 Å². The standard InChI is InChI=1S/C12H16N4O4/c1-12(2,10(13)19)6-15-11(20)16-7-3-4-8(9(17)18)14-5-7/h3-5H,6H2,1-2H3,(H2,13,19)(H,17,18)(H2,15,16,20). The van der Waals surface area contributed by atoms with Gasteiger partial charge in [0.05, 0.1) is 17.3 Å². The maximum atomic E-state index is 11.6. The van der Waals surface area contributed by atoms with Gasteiger partial charge in [0.1, 0.15) is 5.69 Å². The Morgan fingerprint density at radius 3 is 2.45 bits per heavy atom. The highest BCUT2D eigenvalue weighted by atomic mass is 16.4. The van der Waals surface area contributed by atoms with E-state index in [0.717, 1.165) is 0 Å². The van der Waals surface area contributed by atoms with Crippen LogP contribution in [-0.2, 0) is 4.79 Å². The molecule has 0 aromatic carbocycles. The van der Waals surface area contributed by atoms with E-state index in [1.54, 1.807) is 13.8 Å². The molecule has 108 valence electrons. The second-order valence-corrected chi connectivity index (χ2v) is 4.79. The van der Waals surface area contributed by atoms with Gasteiger partial charge in [-0.3, -0.25) is 4.79 Å². The molecule has 0 saturated heterocycles. The average molecular weight is 280 g/mol. The van der Waals surface area contributed by atoms with Crippen molar-refractivity contribution < 1.29 is 19.5 Å². The minimum absolute atomic E-state index is 0.0782. The molecule has 0 fully saturated rings. The SMILES string of the molecule is CC(C)(CNC(=O)Nc1ccc(C(=O)O)nc1)C(N)=O. The van der Waals surface area contributed by atoms with Crippen molar-refractivity contribution in [3.8, 4) is 0 Å². The zero-order valence-electron chi connectivity index (χ0n) is 11.1. The van der Waals surface area contributed by atoms with Gasteiger partial charge < -0.3 is 21.5 Å². The van der Waals surface area contributed by atoms with Crippen LogP contribution in [0.15, 0.2) is 18.3 Å². The van der Waals surface area contributed by atoms with Crippen LogP contribution < -0.4 is 16.4 Å². The number of aromatic carboxylic acids is 1. The Bertz CT molecular complexity index is 525. The molecule has 3 amide bonds. The van der Waals surface area contributed by atoms with E-state index >= 15 is 0 Å². The monoisotopic (exact) mass is 280 g/mol. The second kappa shape index (κ2) is 6.00. The molecule has 0 atom stereocenters. The highest BCUT2D eigenvalue weighted by Crippen LogP contribution is 2.12. The van der Waals surface area contributed by atoms with E-state index in [4.69, 9.17) is 10.8 Å². The molecule has 1 rings (SSSR count). The van der Waals surface area contributed by atoms with Crippen molar-refractivity contribution in [2.75, 3.05) is 11.9 Å². The minimum Gasteiger partial charge on any atom is -0.477 e. The van der Waals surface area contributed by atoms with Gasteiger partial charge in [-0.05, 0) is 26.0 Å². The zero-order chi connectivity index (χ0) is 15.3. The molecule has 1 heterocycles. The van der Waals surface area contributed by atoms with Gasteiger partial charge in [0.2, 0.25) is 5.91 Å². The summed E-state index contributed by atoms with van der Waals surface area (Å²) in [7, 11) is 0. The first-order chi connectivity index (χ1) is 9.22. The molecule has 1 aromatic heterocycles. The number of urea groups is 1. The quantitative estimate of drug-likeness (QED) is 0.619. The van der Waals surface area contributed by atoms with E-state index in [-0.39, 0.29) is 12.2 Å². The third-order valence-electron chi connectivity index (χ3n) is 2.60. The summed E-state index contributed by atoms with van der Waals surface area (Å²) in [5, 5.41) is 13.6. The van der Waals surface area contributed by atoms with Gasteiger partial charge in [-0.1, -0.05) is 0 Å². The molecule has 0 aliphatic heterocycles. The predicted molar refractivity (Wildman–Crippen MR) is 71.2 cm³/mol. The van der Waals surface area contributed by atoms with Crippen molar-refractivity contribution in [3.05, 3.63) is 24.0 Å². The number of carbonyl (C=O) groups is 3. The molecular formula is C12H16N4O4. The van der Waals surface area contributed by atoms with Crippen LogP contribution in [0.1, 0.15) is 24.3 Å². The Hall–Kier alpha value is -2.64. The van der Waals surface area contributed by atoms with Gasteiger partial charge in [0, 0.05) is 6.54 Å². The first kappa shape index (κ1) is 15.4. The molecule has 0 bridgehead atoms. The highest BCUT2D eigenvalue weighted by molar-refractivity contribution is 5.90. The summed E-state index contributed by atoms with van der Waals surface area (Å²) in [5.41, 5.74) is 4.54. The van der Waals surface area contributed by atoms with Gasteiger partial charge in [0.15, 0.2) is 0 Å². The van der Waals surface area contributed by atoms with E-state index in [9.17, 15) is 14.4 Å². The molecular weight excluding hydrogens is 264 g/mol. The Balaban J connectivity index is 2.54. The molecule has 0 radical (unpaired) electrons. The number of aromatic nitrogens is 1.